The molecule has 0 bridgehead atoms. The molecule has 2 N–H and O–H groups in total. The molecule has 1 aliphatic rings. The zero-order valence-electron chi connectivity index (χ0n) is 11.2. The van der Waals surface area contributed by atoms with Gasteiger partial charge in [0.1, 0.15) is 5.41 Å². The summed E-state index contributed by atoms with van der Waals surface area (Å²) in [5.74, 6) is -0.673. The molecule has 0 spiro atoms. The monoisotopic (exact) mass is 277 g/mol. The molecule has 2 amide bonds. The van der Waals surface area contributed by atoms with Crippen LogP contribution < -0.4 is 40.2 Å². The topological polar surface area (TPSA) is 58.2 Å². The van der Waals surface area contributed by atoms with Gasteiger partial charge in [0.15, 0.2) is 5.11 Å². The van der Waals surface area contributed by atoms with Gasteiger partial charge >= 0.3 is 29.6 Å². The van der Waals surface area contributed by atoms with Crippen molar-refractivity contribution in [2.24, 2.45) is 11.3 Å². The predicted molar refractivity (Wildman–Crippen MR) is 70.2 cm³/mol. The number of nitrogens with one attached hydrogen (secondary N) is 2. The molecule has 6 heteroatoms. The van der Waals surface area contributed by atoms with Gasteiger partial charge in [-0.25, -0.2) is 0 Å². The van der Waals surface area contributed by atoms with Crippen molar-refractivity contribution in [1.29, 1.82) is 0 Å². The summed E-state index contributed by atoms with van der Waals surface area (Å²) in [5, 5.41) is 5.16. The fraction of sp³-hybridized carbons (Fsp3) is 0.583. The molecule has 18 heavy (non-hydrogen) atoms. The van der Waals surface area contributed by atoms with Crippen molar-refractivity contribution in [3.8, 4) is 0 Å². The summed E-state index contributed by atoms with van der Waals surface area (Å²) in [4.78, 5) is 24.3. The van der Waals surface area contributed by atoms with Gasteiger partial charge in [0.2, 0.25) is 11.8 Å². The maximum atomic E-state index is 12.1. The van der Waals surface area contributed by atoms with Crippen LogP contribution in [-0.4, -0.2) is 16.9 Å². The van der Waals surface area contributed by atoms with Crippen LogP contribution in [0.3, 0.4) is 0 Å². The third-order valence-corrected chi connectivity index (χ3v) is 3.50. The van der Waals surface area contributed by atoms with Crippen LogP contribution in [-0.2, 0) is 9.59 Å². The molecule has 0 aromatic rings. The number of thiocarbonyl (C=S) groups is 1. The Bertz CT molecular complexity index is 351. The smallest absolute Gasteiger partial charge is 0.302 e. The zero-order chi connectivity index (χ0) is 13.1. The number of hydrogen-bond donors (Lipinski definition) is 2. The quantitative estimate of drug-likeness (QED) is 0.279. The van der Waals surface area contributed by atoms with E-state index in [2.05, 4.69) is 17.2 Å². The first-order valence-corrected chi connectivity index (χ1v) is 6.17. The minimum atomic E-state index is -1.07. The molecule has 1 unspecified atom stereocenters. The molecule has 1 aliphatic heterocycles. The third kappa shape index (κ3) is 3.20. The molecule has 0 aromatic heterocycles. The molecule has 1 rings (SSSR count). The van der Waals surface area contributed by atoms with E-state index in [0.717, 1.165) is 12.8 Å². The van der Waals surface area contributed by atoms with Gasteiger partial charge in [-0.1, -0.05) is 26.3 Å². The van der Waals surface area contributed by atoms with Crippen molar-refractivity contribution in [2.75, 3.05) is 0 Å². The van der Waals surface area contributed by atoms with Gasteiger partial charge in [-0.05, 0) is 31.0 Å². The summed E-state index contributed by atoms with van der Waals surface area (Å²) < 4.78 is 0. The van der Waals surface area contributed by atoms with Crippen LogP contribution in [0.1, 0.15) is 33.1 Å². The van der Waals surface area contributed by atoms with E-state index in [4.69, 9.17) is 12.2 Å². The van der Waals surface area contributed by atoms with Crippen LogP contribution in [0.5, 0.6) is 0 Å². The number of rotatable bonds is 5. The van der Waals surface area contributed by atoms with E-state index in [-0.39, 0.29) is 52.4 Å². The Morgan fingerprint density at radius 2 is 1.89 bits per heavy atom. The van der Waals surface area contributed by atoms with E-state index in [0.29, 0.717) is 6.42 Å². The van der Waals surface area contributed by atoms with E-state index >= 15 is 0 Å². The van der Waals surface area contributed by atoms with E-state index in [1.165, 1.54) is 0 Å². The predicted octanol–water partition coefficient (Wildman–Crippen LogP) is -1.48. The SMILES string of the molecule is C=CCC1(C(C)CCC)C(=O)NC(=S)NC1=O.[Na+]. The van der Waals surface area contributed by atoms with Gasteiger partial charge < -0.3 is 10.6 Å². The number of allylic oxidation sites excluding steroid dienone is 1. The minimum Gasteiger partial charge on any atom is -0.302 e. The molecule has 0 aliphatic carbocycles. The van der Waals surface area contributed by atoms with Crippen molar-refractivity contribution >= 4 is 29.1 Å². The second kappa shape index (κ2) is 7.38. The Morgan fingerprint density at radius 1 is 1.39 bits per heavy atom. The largest absolute Gasteiger partial charge is 1.00 e. The summed E-state index contributed by atoms with van der Waals surface area (Å²) in [5.41, 5.74) is -1.07. The van der Waals surface area contributed by atoms with Crippen LogP contribution in [0.4, 0.5) is 0 Å². The molecule has 1 heterocycles. The van der Waals surface area contributed by atoms with Gasteiger partial charge in [-0.2, -0.15) is 0 Å². The van der Waals surface area contributed by atoms with Gasteiger partial charge in [0.05, 0.1) is 0 Å². The Balaban J connectivity index is 0.00000289. The zero-order valence-corrected chi connectivity index (χ0v) is 14.0. The number of hydrogen-bond acceptors (Lipinski definition) is 3. The van der Waals surface area contributed by atoms with Gasteiger partial charge in [-0.15, -0.1) is 6.58 Å². The molecule has 1 atom stereocenters. The fourth-order valence-corrected chi connectivity index (χ4v) is 2.49. The number of carbonyl (C=O) groups excluding carboxylic acids is 2. The third-order valence-electron chi connectivity index (χ3n) is 3.29. The molecule has 0 radical (unpaired) electrons. The van der Waals surface area contributed by atoms with Gasteiger partial charge in [0.25, 0.3) is 0 Å². The maximum absolute atomic E-state index is 12.1. The van der Waals surface area contributed by atoms with Crippen molar-refractivity contribution in [3.05, 3.63) is 12.7 Å². The summed E-state index contributed by atoms with van der Waals surface area (Å²) >= 11 is 4.81. The molecule has 0 saturated carbocycles. The Morgan fingerprint density at radius 3 is 2.28 bits per heavy atom. The average Bonchev–Trinajstić information content (AvgIpc) is 2.23. The van der Waals surface area contributed by atoms with E-state index in [1.807, 2.05) is 13.8 Å². The Hall–Kier alpha value is -0.230. The van der Waals surface area contributed by atoms with Crippen molar-refractivity contribution < 1.29 is 39.1 Å². The van der Waals surface area contributed by atoms with Crippen molar-refractivity contribution in [2.45, 2.75) is 33.1 Å². The summed E-state index contributed by atoms with van der Waals surface area (Å²) in [7, 11) is 0. The van der Waals surface area contributed by atoms with Crippen LogP contribution in [0, 0.1) is 11.3 Å². The average molecular weight is 277 g/mol. The maximum Gasteiger partial charge on any atom is 1.00 e. The standard InChI is InChI=1S/C12H18N2O2S.Na/c1-4-6-8(3)12(7-5-2)9(15)13-11(17)14-10(12)16;/h5,8H,2,4,6-7H2,1,3H3,(H2,13,14,15,16,17);/q;+1. The van der Waals surface area contributed by atoms with E-state index < -0.39 is 5.41 Å². The van der Waals surface area contributed by atoms with E-state index in [9.17, 15) is 9.59 Å². The number of carbonyl (C=O) groups is 2. The van der Waals surface area contributed by atoms with Crippen LogP contribution in [0.2, 0.25) is 0 Å². The van der Waals surface area contributed by atoms with Crippen LogP contribution >= 0.6 is 12.2 Å². The second-order valence-corrected chi connectivity index (χ2v) is 4.80. The van der Waals surface area contributed by atoms with Crippen LogP contribution in [0.15, 0.2) is 12.7 Å². The number of amides is 2. The first-order valence-electron chi connectivity index (χ1n) is 5.76. The fourth-order valence-electron chi connectivity index (χ4n) is 2.30. The molecule has 0 aromatic carbocycles. The van der Waals surface area contributed by atoms with E-state index in [1.54, 1.807) is 6.08 Å². The molecule has 1 saturated heterocycles. The minimum absolute atomic E-state index is 0. The molecule has 4 nitrogen and oxygen atoms in total. The van der Waals surface area contributed by atoms with Gasteiger partial charge in [0, 0.05) is 0 Å². The van der Waals surface area contributed by atoms with Crippen LogP contribution in [0.25, 0.3) is 0 Å². The molecular weight excluding hydrogens is 259 g/mol. The normalized spacial score (nSPS) is 19.3. The Labute approximate surface area is 135 Å². The first-order chi connectivity index (χ1) is 7.98. The van der Waals surface area contributed by atoms with Crippen molar-refractivity contribution in [1.82, 2.24) is 10.6 Å². The second-order valence-electron chi connectivity index (χ2n) is 4.39. The van der Waals surface area contributed by atoms with Crippen molar-refractivity contribution in [3.63, 3.8) is 0 Å². The Kier molecular flexibility index (Phi) is 7.29. The molecule has 94 valence electrons. The summed E-state index contributed by atoms with van der Waals surface area (Å²) in [6.45, 7) is 7.58. The first kappa shape index (κ1) is 17.8. The van der Waals surface area contributed by atoms with Gasteiger partial charge in [-0.3, -0.25) is 9.59 Å². The summed E-state index contributed by atoms with van der Waals surface area (Å²) in [6.07, 6.45) is 3.67. The summed E-state index contributed by atoms with van der Waals surface area (Å²) in [6, 6.07) is 0. The molecular formula is C12H18N2NaO2S+. The molecule has 1 fully saturated rings.